The predicted molar refractivity (Wildman–Crippen MR) is 76.8 cm³/mol. The minimum Gasteiger partial charge on any atom is -0.481 e. The average molecular weight is 280 g/mol. The van der Waals surface area contributed by atoms with Crippen LogP contribution >= 0.6 is 11.8 Å². The predicted octanol–water partition coefficient (Wildman–Crippen LogP) is 3.39. The second-order valence-corrected chi connectivity index (χ2v) is 5.84. The van der Waals surface area contributed by atoms with Crippen LogP contribution in [0.5, 0.6) is 0 Å². The number of ether oxygens (including phenoxy) is 1. The van der Waals surface area contributed by atoms with Crippen molar-refractivity contribution in [1.82, 2.24) is 0 Å². The summed E-state index contributed by atoms with van der Waals surface area (Å²) in [6, 6.07) is 7.89. The van der Waals surface area contributed by atoms with E-state index >= 15 is 0 Å². The largest absolute Gasteiger partial charge is 0.481 e. The number of hydrogen-bond donors (Lipinski definition) is 1. The van der Waals surface area contributed by atoms with Crippen LogP contribution in [0.3, 0.4) is 0 Å². The van der Waals surface area contributed by atoms with Crippen molar-refractivity contribution in [3.63, 3.8) is 0 Å². The summed E-state index contributed by atoms with van der Waals surface area (Å²) < 4.78 is 5.33. The first-order valence-electron chi connectivity index (χ1n) is 6.65. The third-order valence-electron chi connectivity index (χ3n) is 3.70. The molecule has 1 saturated heterocycles. The summed E-state index contributed by atoms with van der Waals surface area (Å²) in [6.45, 7) is 1.53. The van der Waals surface area contributed by atoms with Crippen LogP contribution in [-0.4, -0.2) is 30.5 Å². The molecule has 1 fully saturated rings. The van der Waals surface area contributed by atoms with Gasteiger partial charge in [0.25, 0.3) is 0 Å². The molecule has 0 aliphatic carbocycles. The Hall–Kier alpha value is -1.00. The average Bonchev–Trinajstić information content (AvgIpc) is 2.45. The number of rotatable bonds is 5. The second kappa shape index (κ2) is 6.96. The molecule has 104 valence electrons. The molecule has 1 aliphatic rings. The van der Waals surface area contributed by atoms with Crippen molar-refractivity contribution in [3.8, 4) is 0 Å². The lowest BCUT2D eigenvalue weighted by atomic mass is 9.85. The molecule has 0 radical (unpaired) electrons. The summed E-state index contributed by atoms with van der Waals surface area (Å²) in [5.41, 5.74) is 0.922. The van der Waals surface area contributed by atoms with Crippen LogP contribution in [0.15, 0.2) is 29.2 Å². The molecule has 1 atom stereocenters. The number of carboxylic acid groups (broad SMARTS) is 1. The summed E-state index contributed by atoms with van der Waals surface area (Å²) >= 11 is 1.65. The topological polar surface area (TPSA) is 46.5 Å². The molecule has 19 heavy (non-hydrogen) atoms. The van der Waals surface area contributed by atoms with Gasteiger partial charge < -0.3 is 9.84 Å². The molecule has 0 bridgehead atoms. The lowest BCUT2D eigenvalue weighted by molar-refractivity contribution is -0.139. The first kappa shape index (κ1) is 14.4. The van der Waals surface area contributed by atoms with Gasteiger partial charge in [-0.05, 0) is 49.1 Å². The summed E-state index contributed by atoms with van der Waals surface area (Å²) in [5.74, 6) is -0.646. The van der Waals surface area contributed by atoms with Crippen molar-refractivity contribution >= 4 is 17.7 Å². The smallest absolute Gasteiger partial charge is 0.310 e. The molecule has 1 heterocycles. The van der Waals surface area contributed by atoms with Crippen molar-refractivity contribution in [2.24, 2.45) is 5.92 Å². The van der Waals surface area contributed by atoms with Gasteiger partial charge in [0.1, 0.15) is 0 Å². The van der Waals surface area contributed by atoms with E-state index in [-0.39, 0.29) is 0 Å². The fourth-order valence-electron chi connectivity index (χ4n) is 2.55. The van der Waals surface area contributed by atoms with Crippen LogP contribution in [-0.2, 0) is 9.53 Å². The van der Waals surface area contributed by atoms with Crippen LogP contribution in [0.2, 0.25) is 0 Å². The summed E-state index contributed by atoms with van der Waals surface area (Å²) in [6.07, 6.45) is 4.68. The van der Waals surface area contributed by atoms with Gasteiger partial charge in [-0.1, -0.05) is 12.1 Å². The highest BCUT2D eigenvalue weighted by Gasteiger charge is 2.25. The maximum absolute atomic E-state index is 11.5. The van der Waals surface area contributed by atoms with Gasteiger partial charge in [0, 0.05) is 18.1 Å². The van der Waals surface area contributed by atoms with E-state index in [1.807, 2.05) is 30.5 Å². The normalized spacial score (nSPS) is 18.2. The maximum Gasteiger partial charge on any atom is 0.310 e. The number of carboxylic acids is 1. The lowest BCUT2D eigenvalue weighted by Gasteiger charge is -2.25. The maximum atomic E-state index is 11.5. The highest BCUT2D eigenvalue weighted by Crippen LogP contribution is 2.31. The first-order chi connectivity index (χ1) is 9.20. The van der Waals surface area contributed by atoms with Crippen molar-refractivity contribution in [2.45, 2.75) is 30.1 Å². The number of hydrogen-bond acceptors (Lipinski definition) is 3. The van der Waals surface area contributed by atoms with Gasteiger partial charge in [-0.3, -0.25) is 4.79 Å². The Kier molecular flexibility index (Phi) is 5.28. The van der Waals surface area contributed by atoms with E-state index < -0.39 is 11.9 Å². The van der Waals surface area contributed by atoms with Gasteiger partial charge in [-0.2, -0.15) is 0 Å². The molecular formula is C15H20O3S. The molecule has 1 unspecified atom stereocenters. The van der Waals surface area contributed by atoms with Crippen molar-refractivity contribution in [3.05, 3.63) is 29.8 Å². The van der Waals surface area contributed by atoms with E-state index in [0.29, 0.717) is 5.92 Å². The Bertz CT molecular complexity index is 427. The number of aliphatic carboxylic acids is 1. The summed E-state index contributed by atoms with van der Waals surface area (Å²) in [4.78, 5) is 12.7. The molecule has 1 aromatic rings. The zero-order valence-corrected chi connectivity index (χ0v) is 12.0. The zero-order valence-electron chi connectivity index (χ0n) is 11.2. The number of thioether (sulfide) groups is 1. The molecule has 0 aromatic heterocycles. The molecule has 0 saturated carbocycles. The Morgan fingerprint density at radius 1 is 1.47 bits per heavy atom. The minimum atomic E-state index is -0.718. The Morgan fingerprint density at radius 3 is 2.84 bits per heavy atom. The van der Waals surface area contributed by atoms with E-state index in [1.54, 1.807) is 11.8 Å². The zero-order chi connectivity index (χ0) is 13.7. The standard InChI is InChI=1S/C15H20O3S/c1-19-13-4-2-3-12(10-13)14(15(16)17)9-11-5-7-18-8-6-11/h2-4,10-11,14H,5-9H2,1H3,(H,16,17). The van der Waals surface area contributed by atoms with Gasteiger partial charge in [-0.15, -0.1) is 11.8 Å². The van der Waals surface area contributed by atoms with E-state index in [4.69, 9.17) is 4.74 Å². The third-order valence-corrected chi connectivity index (χ3v) is 4.43. The molecule has 2 rings (SSSR count). The van der Waals surface area contributed by atoms with Crippen LogP contribution in [0.4, 0.5) is 0 Å². The fourth-order valence-corrected chi connectivity index (χ4v) is 3.02. The molecule has 3 nitrogen and oxygen atoms in total. The highest BCUT2D eigenvalue weighted by atomic mass is 32.2. The van der Waals surface area contributed by atoms with Crippen LogP contribution < -0.4 is 0 Å². The minimum absolute atomic E-state index is 0.393. The van der Waals surface area contributed by atoms with Gasteiger partial charge in [0.05, 0.1) is 5.92 Å². The quantitative estimate of drug-likeness (QED) is 0.840. The van der Waals surface area contributed by atoms with E-state index in [9.17, 15) is 9.90 Å². The third kappa shape index (κ3) is 3.98. The molecule has 0 amide bonds. The number of benzene rings is 1. The van der Waals surface area contributed by atoms with Gasteiger partial charge >= 0.3 is 5.97 Å². The van der Waals surface area contributed by atoms with Crippen molar-refractivity contribution < 1.29 is 14.6 Å². The molecular weight excluding hydrogens is 260 g/mol. The Balaban J connectivity index is 2.11. The summed E-state index contributed by atoms with van der Waals surface area (Å²) in [7, 11) is 0. The molecule has 1 aliphatic heterocycles. The van der Waals surface area contributed by atoms with Crippen LogP contribution in [0.25, 0.3) is 0 Å². The molecule has 1 aromatic carbocycles. The monoisotopic (exact) mass is 280 g/mol. The van der Waals surface area contributed by atoms with Gasteiger partial charge in [0.2, 0.25) is 0 Å². The highest BCUT2D eigenvalue weighted by molar-refractivity contribution is 7.98. The van der Waals surface area contributed by atoms with Crippen molar-refractivity contribution in [1.29, 1.82) is 0 Å². The SMILES string of the molecule is CSc1cccc(C(CC2CCOCC2)C(=O)O)c1. The molecule has 1 N–H and O–H groups in total. The lowest BCUT2D eigenvalue weighted by Crippen LogP contribution is -2.21. The fraction of sp³-hybridized carbons (Fsp3) is 0.533. The molecule has 0 spiro atoms. The van der Waals surface area contributed by atoms with Gasteiger partial charge in [0.15, 0.2) is 0 Å². The van der Waals surface area contributed by atoms with E-state index in [2.05, 4.69) is 0 Å². The van der Waals surface area contributed by atoms with Gasteiger partial charge in [-0.25, -0.2) is 0 Å². The van der Waals surface area contributed by atoms with E-state index in [1.165, 1.54) is 0 Å². The van der Waals surface area contributed by atoms with E-state index in [0.717, 1.165) is 42.9 Å². The van der Waals surface area contributed by atoms with Crippen molar-refractivity contribution in [2.75, 3.05) is 19.5 Å². The molecule has 4 heteroatoms. The van der Waals surface area contributed by atoms with Crippen LogP contribution in [0.1, 0.15) is 30.7 Å². The van der Waals surface area contributed by atoms with Crippen LogP contribution in [0, 0.1) is 5.92 Å². The summed E-state index contributed by atoms with van der Waals surface area (Å²) in [5, 5.41) is 9.48. The Labute approximate surface area is 118 Å². The second-order valence-electron chi connectivity index (χ2n) is 4.96. The first-order valence-corrected chi connectivity index (χ1v) is 7.87. The Morgan fingerprint density at radius 2 is 2.21 bits per heavy atom. The number of carbonyl (C=O) groups is 1.